The SMILES string of the molecule is COc1ccc2c(c1)CCN(C)C2CNC1CC1. The van der Waals surface area contributed by atoms with Crippen molar-refractivity contribution >= 4 is 0 Å². The second-order valence-electron chi connectivity index (χ2n) is 5.49. The lowest BCUT2D eigenvalue weighted by Crippen LogP contribution is -2.38. The Hall–Kier alpha value is -1.06. The summed E-state index contributed by atoms with van der Waals surface area (Å²) < 4.78 is 5.32. The summed E-state index contributed by atoms with van der Waals surface area (Å²) >= 11 is 0. The van der Waals surface area contributed by atoms with Gasteiger partial charge in [-0.15, -0.1) is 0 Å². The molecule has 0 saturated heterocycles. The molecule has 3 nitrogen and oxygen atoms in total. The molecule has 0 aromatic heterocycles. The first kappa shape index (κ1) is 12.0. The molecule has 1 aromatic rings. The average molecular weight is 246 g/mol. The van der Waals surface area contributed by atoms with Crippen molar-refractivity contribution in [2.24, 2.45) is 0 Å². The van der Waals surface area contributed by atoms with Crippen LogP contribution >= 0.6 is 0 Å². The smallest absolute Gasteiger partial charge is 0.119 e. The van der Waals surface area contributed by atoms with Gasteiger partial charge in [0.25, 0.3) is 0 Å². The number of nitrogens with one attached hydrogen (secondary N) is 1. The van der Waals surface area contributed by atoms with E-state index in [1.807, 2.05) is 0 Å². The van der Waals surface area contributed by atoms with Gasteiger partial charge in [-0.2, -0.15) is 0 Å². The summed E-state index contributed by atoms with van der Waals surface area (Å²) in [4.78, 5) is 2.46. The van der Waals surface area contributed by atoms with E-state index in [0.717, 1.165) is 31.3 Å². The van der Waals surface area contributed by atoms with Crippen molar-refractivity contribution in [3.8, 4) is 5.75 Å². The highest BCUT2D eigenvalue weighted by molar-refractivity contribution is 5.39. The normalized spacial score (nSPS) is 23.8. The summed E-state index contributed by atoms with van der Waals surface area (Å²) in [7, 11) is 3.97. The molecule has 1 aromatic carbocycles. The molecule has 18 heavy (non-hydrogen) atoms. The van der Waals surface area contributed by atoms with Crippen LogP contribution < -0.4 is 10.1 Å². The lowest BCUT2D eigenvalue weighted by atomic mass is 9.92. The van der Waals surface area contributed by atoms with Gasteiger partial charge in [0.2, 0.25) is 0 Å². The van der Waals surface area contributed by atoms with E-state index in [1.54, 1.807) is 7.11 Å². The molecule has 1 aliphatic carbocycles. The van der Waals surface area contributed by atoms with Crippen LogP contribution in [0.5, 0.6) is 5.75 Å². The first-order valence-corrected chi connectivity index (χ1v) is 6.88. The molecule has 1 heterocycles. The minimum Gasteiger partial charge on any atom is -0.497 e. The molecule has 3 rings (SSSR count). The predicted octanol–water partition coefficient (Wildman–Crippen LogP) is 1.98. The molecule has 0 amide bonds. The zero-order valence-electron chi connectivity index (χ0n) is 11.3. The fourth-order valence-electron chi connectivity index (χ4n) is 2.77. The van der Waals surface area contributed by atoms with Gasteiger partial charge in [-0.3, -0.25) is 4.90 Å². The van der Waals surface area contributed by atoms with E-state index in [2.05, 4.69) is 35.5 Å². The third-order valence-corrected chi connectivity index (χ3v) is 4.15. The third-order valence-electron chi connectivity index (χ3n) is 4.15. The third kappa shape index (κ3) is 2.38. The molecule has 0 spiro atoms. The number of hydrogen-bond acceptors (Lipinski definition) is 3. The quantitative estimate of drug-likeness (QED) is 0.879. The number of methoxy groups -OCH3 is 1. The van der Waals surface area contributed by atoms with Crippen molar-refractivity contribution in [2.45, 2.75) is 31.3 Å². The summed E-state index contributed by atoms with van der Waals surface area (Å²) in [6.45, 7) is 2.21. The topological polar surface area (TPSA) is 24.5 Å². The number of rotatable bonds is 4. The Balaban J connectivity index is 1.80. The maximum atomic E-state index is 5.32. The Morgan fingerprint density at radius 2 is 2.22 bits per heavy atom. The molecular weight excluding hydrogens is 224 g/mol. The highest BCUT2D eigenvalue weighted by Crippen LogP contribution is 2.31. The first-order chi connectivity index (χ1) is 8.78. The second-order valence-corrected chi connectivity index (χ2v) is 5.49. The van der Waals surface area contributed by atoms with Crippen LogP contribution in [0.1, 0.15) is 30.0 Å². The molecule has 1 aliphatic heterocycles. The van der Waals surface area contributed by atoms with E-state index in [9.17, 15) is 0 Å². The van der Waals surface area contributed by atoms with Gasteiger partial charge in [0.1, 0.15) is 5.75 Å². The summed E-state index contributed by atoms with van der Waals surface area (Å²) in [6, 6.07) is 7.82. The Morgan fingerprint density at radius 1 is 1.39 bits per heavy atom. The number of hydrogen-bond donors (Lipinski definition) is 1. The van der Waals surface area contributed by atoms with Crippen molar-refractivity contribution in [3.63, 3.8) is 0 Å². The number of likely N-dealkylation sites (N-methyl/N-ethyl adjacent to an activating group) is 1. The predicted molar refractivity (Wildman–Crippen MR) is 73.1 cm³/mol. The highest BCUT2D eigenvalue weighted by atomic mass is 16.5. The van der Waals surface area contributed by atoms with E-state index < -0.39 is 0 Å². The Bertz CT molecular complexity index is 429. The summed E-state index contributed by atoms with van der Waals surface area (Å²) in [6.07, 6.45) is 3.83. The van der Waals surface area contributed by atoms with Crippen LogP contribution in [-0.4, -0.2) is 38.2 Å². The molecule has 0 radical (unpaired) electrons. The second kappa shape index (κ2) is 4.90. The molecule has 1 N–H and O–H groups in total. The fourth-order valence-corrected chi connectivity index (χ4v) is 2.77. The van der Waals surface area contributed by atoms with E-state index in [0.29, 0.717) is 6.04 Å². The van der Waals surface area contributed by atoms with E-state index in [-0.39, 0.29) is 0 Å². The molecular formula is C15H22N2O. The number of fused-ring (bicyclic) bond motifs is 1. The van der Waals surface area contributed by atoms with Gasteiger partial charge in [0.05, 0.1) is 7.11 Å². The van der Waals surface area contributed by atoms with Crippen LogP contribution in [0.4, 0.5) is 0 Å². The van der Waals surface area contributed by atoms with Gasteiger partial charge in [0, 0.05) is 25.2 Å². The molecule has 0 bridgehead atoms. The Labute approximate surface area is 109 Å². The van der Waals surface area contributed by atoms with Gasteiger partial charge < -0.3 is 10.1 Å². The summed E-state index contributed by atoms with van der Waals surface area (Å²) in [5.74, 6) is 0.979. The van der Waals surface area contributed by atoms with Crippen molar-refractivity contribution in [1.29, 1.82) is 0 Å². The lowest BCUT2D eigenvalue weighted by molar-refractivity contribution is 0.224. The Morgan fingerprint density at radius 3 is 2.94 bits per heavy atom. The van der Waals surface area contributed by atoms with Gasteiger partial charge in [-0.1, -0.05) is 6.07 Å². The van der Waals surface area contributed by atoms with Crippen LogP contribution in [0.3, 0.4) is 0 Å². The summed E-state index contributed by atoms with van der Waals surface area (Å²) in [5.41, 5.74) is 2.92. The van der Waals surface area contributed by atoms with Crippen LogP contribution in [-0.2, 0) is 6.42 Å². The van der Waals surface area contributed by atoms with Crippen molar-refractivity contribution < 1.29 is 4.74 Å². The van der Waals surface area contributed by atoms with Gasteiger partial charge >= 0.3 is 0 Å². The van der Waals surface area contributed by atoms with Crippen molar-refractivity contribution in [1.82, 2.24) is 10.2 Å². The van der Waals surface area contributed by atoms with Crippen LogP contribution in [0.2, 0.25) is 0 Å². The largest absolute Gasteiger partial charge is 0.497 e. The Kier molecular flexibility index (Phi) is 3.27. The molecule has 1 saturated carbocycles. The minimum atomic E-state index is 0.514. The number of nitrogens with zero attached hydrogens (tertiary/aromatic N) is 1. The molecule has 98 valence electrons. The fraction of sp³-hybridized carbons (Fsp3) is 0.600. The van der Waals surface area contributed by atoms with Crippen molar-refractivity contribution in [3.05, 3.63) is 29.3 Å². The molecule has 1 unspecified atom stereocenters. The van der Waals surface area contributed by atoms with Gasteiger partial charge in [0.15, 0.2) is 0 Å². The molecule has 1 fully saturated rings. The molecule has 1 atom stereocenters. The first-order valence-electron chi connectivity index (χ1n) is 6.88. The average Bonchev–Trinajstić information content (AvgIpc) is 3.21. The zero-order chi connectivity index (χ0) is 12.5. The maximum absolute atomic E-state index is 5.32. The van der Waals surface area contributed by atoms with Gasteiger partial charge in [-0.25, -0.2) is 0 Å². The summed E-state index contributed by atoms with van der Waals surface area (Å²) in [5, 5.41) is 3.65. The molecule has 2 aliphatic rings. The number of benzene rings is 1. The maximum Gasteiger partial charge on any atom is 0.119 e. The van der Waals surface area contributed by atoms with Crippen LogP contribution in [0.25, 0.3) is 0 Å². The monoisotopic (exact) mass is 246 g/mol. The van der Waals surface area contributed by atoms with Crippen molar-refractivity contribution in [2.75, 3.05) is 27.2 Å². The molecule has 3 heteroatoms. The highest BCUT2D eigenvalue weighted by Gasteiger charge is 2.27. The van der Waals surface area contributed by atoms with Crippen LogP contribution in [0, 0.1) is 0 Å². The minimum absolute atomic E-state index is 0.514. The lowest BCUT2D eigenvalue weighted by Gasteiger charge is -2.35. The zero-order valence-corrected chi connectivity index (χ0v) is 11.3. The standard InChI is InChI=1S/C15H22N2O/c1-17-8-7-11-9-13(18-2)5-6-14(11)15(17)10-16-12-3-4-12/h5-6,9,12,15-16H,3-4,7-8,10H2,1-2H3. The van der Waals surface area contributed by atoms with E-state index in [4.69, 9.17) is 4.74 Å². The van der Waals surface area contributed by atoms with E-state index >= 15 is 0 Å². The number of ether oxygens (including phenoxy) is 1. The van der Waals surface area contributed by atoms with Crippen LogP contribution in [0.15, 0.2) is 18.2 Å². The van der Waals surface area contributed by atoms with Gasteiger partial charge in [-0.05, 0) is 49.6 Å². The van der Waals surface area contributed by atoms with E-state index in [1.165, 1.54) is 24.0 Å².